The minimum Gasteiger partial charge on any atom is -0.330 e. The van der Waals surface area contributed by atoms with E-state index in [2.05, 4.69) is 15.3 Å². The Labute approximate surface area is 244 Å². The van der Waals surface area contributed by atoms with Gasteiger partial charge in [-0.25, -0.2) is 18.2 Å². The summed E-state index contributed by atoms with van der Waals surface area (Å²) in [7, 11) is 0. The number of alkyl halides is 3. The smallest absolute Gasteiger partial charge is 0.330 e. The third-order valence-electron chi connectivity index (χ3n) is 7.45. The summed E-state index contributed by atoms with van der Waals surface area (Å²) in [5.74, 6) is -6.62. The van der Waals surface area contributed by atoms with Gasteiger partial charge in [0.2, 0.25) is 11.8 Å². The highest BCUT2D eigenvalue weighted by atomic mass is 19.4. The Hall–Kier alpha value is -4.22. The monoisotopic (exact) mass is 604 g/mol. The van der Waals surface area contributed by atoms with Gasteiger partial charge in [-0.2, -0.15) is 13.2 Å². The van der Waals surface area contributed by atoms with E-state index in [9.17, 15) is 35.9 Å². The van der Waals surface area contributed by atoms with Crippen molar-refractivity contribution in [1.82, 2.24) is 14.9 Å². The number of nitrogens with one attached hydrogen (secondary N) is 1. The van der Waals surface area contributed by atoms with Crippen molar-refractivity contribution < 1.29 is 35.9 Å². The van der Waals surface area contributed by atoms with E-state index in [-0.39, 0.29) is 25.2 Å². The Morgan fingerprint density at radius 1 is 1.14 bits per heavy atom. The number of hydrogen-bond donors (Lipinski definition) is 1. The number of hydrogen-bond acceptors (Lipinski definition) is 4. The van der Waals surface area contributed by atoms with Crippen LogP contribution < -0.4 is 5.32 Å². The molecular formula is C31H30F6N4O2. The van der Waals surface area contributed by atoms with Crippen LogP contribution in [0.15, 0.2) is 54.9 Å². The second-order valence-corrected chi connectivity index (χ2v) is 10.5. The van der Waals surface area contributed by atoms with Gasteiger partial charge in [0.25, 0.3) is 0 Å². The molecule has 12 heteroatoms. The van der Waals surface area contributed by atoms with Crippen molar-refractivity contribution in [2.24, 2.45) is 5.92 Å². The lowest BCUT2D eigenvalue weighted by molar-refractivity contribution is -0.172. The highest BCUT2D eigenvalue weighted by molar-refractivity contribution is 5.91. The van der Waals surface area contributed by atoms with E-state index in [1.165, 1.54) is 6.92 Å². The van der Waals surface area contributed by atoms with Crippen molar-refractivity contribution in [2.75, 3.05) is 11.9 Å². The molecule has 0 spiro atoms. The van der Waals surface area contributed by atoms with E-state index in [1.807, 2.05) is 6.92 Å². The highest BCUT2D eigenvalue weighted by Crippen LogP contribution is 2.40. The predicted octanol–water partition coefficient (Wildman–Crippen LogP) is 6.62. The Balaban J connectivity index is 1.54. The number of carbonyl (C=O) groups excluding carboxylic acids is 2. The number of piperidine rings is 1. The number of pyridine rings is 2. The molecule has 228 valence electrons. The third kappa shape index (κ3) is 7.99. The lowest BCUT2D eigenvalue weighted by atomic mass is 9.77. The molecule has 1 saturated heterocycles. The summed E-state index contributed by atoms with van der Waals surface area (Å²) in [6, 6.07) is 6.84. The maximum Gasteiger partial charge on any atom is 0.406 e. The Bertz CT molecular complexity index is 1500. The summed E-state index contributed by atoms with van der Waals surface area (Å²) >= 11 is 0. The van der Waals surface area contributed by atoms with Crippen LogP contribution in [-0.4, -0.2) is 45.4 Å². The molecule has 0 radical (unpaired) electrons. The topological polar surface area (TPSA) is 75.2 Å². The van der Waals surface area contributed by atoms with Gasteiger partial charge in [-0.1, -0.05) is 25.1 Å². The Morgan fingerprint density at radius 3 is 2.58 bits per heavy atom. The molecule has 1 aliphatic heterocycles. The van der Waals surface area contributed by atoms with Crippen molar-refractivity contribution >= 4 is 23.7 Å². The van der Waals surface area contributed by atoms with E-state index in [4.69, 9.17) is 0 Å². The average molecular weight is 605 g/mol. The number of carbonyl (C=O) groups is 2. The first-order chi connectivity index (χ1) is 20.4. The van der Waals surface area contributed by atoms with Gasteiger partial charge in [-0.3, -0.25) is 14.6 Å². The summed E-state index contributed by atoms with van der Waals surface area (Å²) in [5, 5.41) is 2.71. The van der Waals surface area contributed by atoms with E-state index in [1.54, 1.807) is 48.8 Å². The van der Waals surface area contributed by atoms with E-state index < -0.39 is 59.5 Å². The molecule has 0 saturated carbocycles. The second kappa shape index (κ2) is 13.4. The lowest BCUT2D eigenvalue weighted by Crippen LogP contribution is -2.53. The van der Waals surface area contributed by atoms with Gasteiger partial charge in [0, 0.05) is 42.0 Å². The number of rotatable bonds is 9. The Morgan fingerprint density at radius 2 is 1.91 bits per heavy atom. The molecule has 2 amide bonds. The lowest BCUT2D eigenvalue weighted by Gasteiger charge is -2.43. The normalized spacial score (nSPS) is 19.2. The van der Waals surface area contributed by atoms with Gasteiger partial charge in [0.15, 0.2) is 11.6 Å². The Kier molecular flexibility index (Phi) is 9.87. The number of amides is 2. The SMILES string of the molecule is CCc1ncc(/C=C/CC2CC(c3cc(F)cc(F)c3F)C(C)N(CC(F)(F)F)C2=O)cc1CC(=O)Nc1ccccn1. The molecule has 3 atom stereocenters. The van der Waals surface area contributed by atoms with Crippen molar-refractivity contribution in [3.05, 3.63) is 94.7 Å². The van der Waals surface area contributed by atoms with E-state index >= 15 is 0 Å². The maximum absolute atomic E-state index is 14.7. The molecule has 43 heavy (non-hydrogen) atoms. The molecule has 1 fully saturated rings. The van der Waals surface area contributed by atoms with Crippen LogP contribution in [-0.2, 0) is 22.4 Å². The fourth-order valence-corrected chi connectivity index (χ4v) is 5.39. The number of likely N-dealkylation sites (tertiary alicyclic amines) is 1. The zero-order valence-electron chi connectivity index (χ0n) is 23.5. The number of anilines is 1. The van der Waals surface area contributed by atoms with E-state index in [0.717, 1.165) is 6.07 Å². The molecule has 3 heterocycles. The minimum absolute atomic E-state index is 0.0130. The molecule has 0 bridgehead atoms. The molecule has 1 aliphatic rings. The second-order valence-electron chi connectivity index (χ2n) is 10.5. The molecule has 3 unspecified atom stereocenters. The summed E-state index contributed by atoms with van der Waals surface area (Å²) in [6.07, 6.45) is 2.08. The van der Waals surface area contributed by atoms with Crippen LogP contribution >= 0.6 is 0 Å². The zero-order valence-corrected chi connectivity index (χ0v) is 23.5. The molecule has 4 rings (SSSR count). The highest BCUT2D eigenvalue weighted by Gasteiger charge is 2.45. The van der Waals surface area contributed by atoms with Crippen molar-refractivity contribution in [2.45, 2.75) is 57.7 Å². The standard InChI is InChI=1S/C31H30F6N4O2/c1-3-26-21(13-28(42)40-27-9-4-5-10-38-27)11-19(16-39-26)7-6-8-20-12-23(24-14-22(32)15-25(33)29(24)34)18(2)41(30(20)43)17-31(35,36)37/h4-7,9-11,14-16,18,20,23H,3,8,12-13,17H2,1-2H3,(H,38,40,42)/b7-6+. The third-order valence-corrected chi connectivity index (χ3v) is 7.45. The van der Waals surface area contributed by atoms with Crippen molar-refractivity contribution in [1.29, 1.82) is 0 Å². The molecule has 6 nitrogen and oxygen atoms in total. The zero-order chi connectivity index (χ0) is 31.3. The van der Waals surface area contributed by atoms with Crippen molar-refractivity contribution in [3.63, 3.8) is 0 Å². The molecule has 2 aromatic heterocycles. The van der Waals surface area contributed by atoms with Crippen LogP contribution in [0.1, 0.15) is 55.0 Å². The van der Waals surface area contributed by atoms with Crippen molar-refractivity contribution in [3.8, 4) is 0 Å². The first kappa shape index (κ1) is 31.7. The molecule has 1 N–H and O–H groups in total. The van der Waals surface area contributed by atoms with Crippen LogP contribution in [0.25, 0.3) is 6.08 Å². The number of allylic oxidation sites excluding steroid dienone is 1. The number of benzene rings is 1. The van der Waals surface area contributed by atoms with Crippen LogP contribution in [0, 0.1) is 23.4 Å². The molecular weight excluding hydrogens is 574 g/mol. The van der Waals surface area contributed by atoms with Crippen LogP contribution in [0.3, 0.4) is 0 Å². The fraction of sp³-hybridized carbons (Fsp3) is 0.355. The van der Waals surface area contributed by atoms with Gasteiger partial charge >= 0.3 is 6.18 Å². The molecule has 0 aliphatic carbocycles. The first-order valence-corrected chi connectivity index (χ1v) is 13.7. The van der Waals surface area contributed by atoms with Gasteiger partial charge < -0.3 is 10.2 Å². The summed E-state index contributed by atoms with van der Waals surface area (Å²) in [6.45, 7) is 1.63. The molecule has 1 aromatic carbocycles. The largest absolute Gasteiger partial charge is 0.406 e. The first-order valence-electron chi connectivity index (χ1n) is 13.7. The fourth-order valence-electron chi connectivity index (χ4n) is 5.39. The molecule has 3 aromatic rings. The predicted molar refractivity (Wildman–Crippen MR) is 148 cm³/mol. The quantitative estimate of drug-likeness (QED) is 0.220. The minimum atomic E-state index is -4.73. The van der Waals surface area contributed by atoms with Gasteiger partial charge in [0.1, 0.15) is 18.2 Å². The van der Waals surface area contributed by atoms with Gasteiger partial charge in [-0.15, -0.1) is 0 Å². The van der Waals surface area contributed by atoms with Crippen LogP contribution in [0.5, 0.6) is 0 Å². The number of aryl methyl sites for hydroxylation is 1. The van der Waals surface area contributed by atoms with Crippen LogP contribution in [0.2, 0.25) is 0 Å². The number of nitrogens with zero attached hydrogens (tertiary/aromatic N) is 3. The summed E-state index contributed by atoms with van der Waals surface area (Å²) in [4.78, 5) is 34.8. The van der Waals surface area contributed by atoms with E-state index in [0.29, 0.717) is 40.0 Å². The van der Waals surface area contributed by atoms with Gasteiger partial charge in [0.05, 0.1) is 6.42 Å². The van der Waals surface area contributed by atoms with Gasteiger partial charge in [-0.05, 0) is 67.1 Å². The maximum atomic E-state index is 14.7. The number of aromatic nitrogens is 2. The van der Waals surface area contributed by atoms with Crippen LogP contribution in [0.4, 0.5) is 32.2 Å². The summed E-state index contributed by atoms with van der Waals surface area (Å²) in [5.41, 5.74) is 1.56. The number of halogens is 6. The summed E-state index contributed by atoms with van der Waals surface area (Å²) < 4.78 is 82.9. The average Bonchev–Trinajstić information content (AvgIpc) is 2.94.